The Morgan fingerprint density at radius 2 is 1.95 bits per heavy atom. The fraction of sp³-hybridized carbons (Fsp3) is 0.500. The maximum atomic E-state index is 12.0. The highest BCUT2D eigenvalue weighted by Gasteiger charge is 2.11. The Balaban J connectivity index is 2.64. The summed E-state index contributed by atoms with van der Waals surface area (Å²) in [5.41, 5.74) is 2.03. The van der Waals surface area contributed by atoms with Crippen LogP contribution in [-0.4, -0.2) is 29.6 Å². The van der Waals surface area contributed by atoms with Gasteiger partial charge in [-0.1, -0.05) is 19.9 Å². The van der Waals surface area contributed by atoms with Gasteiger partial charge in [0.15, 0.2) is 0 Å². The Hall–Kier alpha value is -1.88. The molecule has 0 aliphatic carbocycles. The van der Waals surface area contributed by atoms with E-state index in [1.165, 1.54) is 6.92 Å². The molecule has 1 aromatic carbocycles. The van der Waals surface area contributed by atoms with Crippen molar-refractivity contribution in [2.24, 2.45) is 5.92 Å². The van der Waals surface area contributed by atoms with Crippen molar-refractivity contribution in [1.29, 1.82) is 0 Å². The van der Waals surface area contributed by atoms with Gasteiger partial charge >= 0.3 is 0 Å². The Bertz CT molecular complexity index is 512. The van der Waals surface area contributed by atoms with E-state index in [9.17, 15) is 14.7 Å². The molecule has 0 saturated carbocycles. The zero-order valence-corrected chi connectivity index (χ0v) is 13.1. The number of aliphatic hydroxyl groups excluding tert-OH is 1. The first-order valence-corrected chi connectivity index (χ1v) is 7.15. The van der Waals surface area contributed by atoms with Gasteiger partial charge in [-0.25, -0.2) is 0 Å². The largest absolute Gasteiger partial charge is 0.393 e. The van der Waals surface area contributed by atoms with Gasteiger partial charge in [0, 0.05) is 24.7 Å². The minimum atomic E-state index is -0.418. The number of aryl methyl sites for hydroxylation is 1. The predicted octanol–water partition coefficient (Wildman–Crippen LogP) is 2.09. The third-order valence-corrected chi connectivity index (χ3v) is 3.31. The molecule has 0 bridgehead atoms. The molecule has 0 aromatic heterocycles. The summed E-state index contributed by atoms with van der Waals surface area (Å²) in [5, 5.41) is 15.2. The molecule has 1 rings (SSSR count). The summed E-state index contributed by atoms with van der Waals surface area (Å²) in [6, 6.07) is 5.17. The lowest BCUT2D eigenvalue weighted by Gasteiger charge is -2.15. The highest BCUT2D eigenvalue weighted by atomic mass is 16.3. The molecular weight excluding hydrogens is 268 g/mol. The predicted molar refractivity (Wildman–Crippen MR) is 83.3 cm³/mol. The van der Waals surface area contributed by atoms with Gasteiger partial charge in [-0.15, -0.1) is 0 Å². The average Bonchev–Trinajstić information content (AvgIpc) is 2.40. The van der Waals surface area contributed by atoms with E-state index in [0.717, 1.165) is 5.56 Å². The molecule has 1 atom stereocenters. The molecule has 116 valence electrons. The molecule has 0 saturated heterocycles. The summed E-state index contributed by atoms with van der Waals surface area (Å²) in [6.45, 7) is 7.59. The van der Waals surface area contributed by atoms with E-state index in [-0.39, 0.29) is 17.7 Å². The second kappa shape index (κ2) is 7.78. The van der Waals surface area contributed by atoms with E-state index in [2.05, 4.69) is 10.6 Å². The lowest BCUT2D eigenvalue weighted by Crippen LogP contribution is -2.28. The Morgan fingerprint density at radius 3 is 2.52 bits per heavy atom. The van der Waals surface area contributed by atoms with Crippen LogP contribution in [0, 0.1) is 12.8 Å². The van der Waals surface area contributed by atoms with Gasteiger partial charge < -0.3 is 15.7 Å². The monoisotopic (exact) mass is 292 g/mol. The van der Waals surface area contributed by atoms with Crippen LogP contribution in [0.25, 0.3) is 0 Å². The number of nitrogens with one attached hydrogen (secondary N) is 2. The molecule has 0 aliphatic rings. The molecule has 1 aromatic rings. The van der Waals surface area contributed by atoms with E-state index < -0.39 is 6.10 Å². The summed E-state index contributed by atoms with van der Waals surface area (Å²) in [7, 11) is 0. The van der Waals surface area contributed by atoms with Gasteiger partial charge in [0.25, 0.3) is 5.91 Å². The molecule has 0 fully saturated rings. The van der Waals surface area contributed by atoms with E-state index in [0.29, 0.717) is 24.2 Å². The molecule has 5 nitrogen and oxygen atoms in total. The van der Waals surface area contributed by atoms with Crippen LogP contribution in [0.15, 0.2) is 18.2 Å². The van der Waals surface area contributed by atoms with Gasteiger partial charge in [0.1, 0.15) is 0 Å². The van der Waals surface area contributed by atoms with Crippen molar-refractivity contribution in [3.05, 3.63) is 29.3 Å². The van der Waals surface area contributed by atoms with Crippen LogP contribution in [0.4, 0.5) is 5.69 Å². The van der Waals surface area contributed by atoms with Crippen LogP contribution in [0.1, 0.15) is 43.1 Å². The van der Waals surface area contributed by atoms with Crippen molar-refractivity contribution in [2.45, 2.75) is 40.2 Å². The van der Waals surface area contributed by atoms with E-state index in [1.807, 2.05) is 20.8 Å². The molecule has 0 radical (unpaired) electrons. The summed E-state index contributed by atoms with van der Waals surface area (Å²) in [4.78, 5) is 23.2. The third kappa shape index (κ3) is 5.55. The van der Waals surface area contributed by atoms with Crippen LogP contribution in [-0.2, 0) is 4.79 Å². The van der Waals surface area contributed by atoms with E-state index in [1.54, 1.807) is 18.2 Å². The van der Waals surface area contributed by atoms with Gasteiger partial charge in [-0.2, -0.15) is 0 Å². The molecular formula is C16H24N2O3. The van der Waals surface area contributed by atoms with Crippen molar-refractivity contribution in [2.75, 3.05) is 11.9 Å². The summed E-state index contributed by atoms with van der Waals surface area (Å²) >= 11 is 0. The number of aliphatic hydroxyl groups is 1. The molecule has 2 amide bonds. The number of benzene rings is 1. The lowest BCUT2D eigenvalue weighted by atomic mass is 10.0. The van der Waals surface area contributed by atoms with Gasteiger partial charge in [-0.05, 0) is 37.0 Å². The molecule has 5 heteroatoms. The minimum absolute atomic E-state index is 0.171. The van der Waals surface area contributed by atoms with Crippen LogP contribution >= 0.6 is 0 Å². The highest BCUT2D eigenvalue weighted by Crippen LogP contribution is 2.17. The number of hydrogen-bond acceptors (Lipinski definition) is 3. The van der Waals surface area contributed by atoms with Gasteiger partial charge in [-0.3, -0.25) is 9.59 Å². The first-order chi connectivity index (χ1) is 9.81. The molecule has 0 heterocycles. The van der Waals surface area contributed by atoms with E-state index in [4.69, 9.17) is 0 Å². The van der Waals surface area contributed by atoms with Crippen molar-refractivity contribution < 1.29 is 14.7 Å². The standard InChI is InChI=1S/C16H24N2O3/c1-10(2)15(20)7-8-17-16(21)13-6-5-11(3)14(9-13)18-12(4)19/h5-6,9-10,15,20H,7-8H2,1-4H3,(H,17,21)(H,18,19). The van der Waals surface area contributed by atoms with Gasteiger partial charge in [0.2, 0.25) is 5.91 Å². The van der Waals surface area contributed by atoms with Crippen molar-refractivity contribution in [3.8, 4) is 0 Å². The van der Waals surface area contributed by atoms with Crippen molar-refractivity contribution in [3.63, 3.8) is 0 Å². The summed E-state index contributed by atoms with van der Waals surface area (Å²) in [5.74, 6) is -0.207. The topological polar surface area (TPSA) is 78.4 Å². The summed E-state index contributed by atoms with van der Waals surface area (Å²) < 4.78 is 0. The van der Waals surface area contributed by atoms with Crippen LogP contribution in [0.3, 0.4) is 0 Å². The highest BCUT2D eigenvalue weighted by molar-refractivity contribution is 5.97. The first kappa shape index (κ1) is 17.2. The zero-order valence-electron chi connectivity index (χ0n) is 13.1. The van der Waals surface area contributed by atoms with Crippen molar-refractivity contribution in [1.82, 2.24) is 5.32 Å². The Morgan fingerprint density at radius 1 is 1.29 bits per heavy atom. The molecule has 0 spiro atoms. The maximum Gasteiger partial charge on any atom is 0.251 e. The van der Waals surface area contributed by atoms with Crippen LogP contribution in [0.2, 0.25) is 0 Å². The van der Waals surface area contributed by atoms with Crippen LogP contribution in [0.5, 0.6) is 0 Å². The fourth-order valence-corrected chi connectivity index (χ4v) is 1.86. The normalized spacial score (nSPS) is 12.1. The second-order valence-electron chi connectivity index (χ2n) is 5.57. The smallest absolute Gasteiger partial charge is 0.251 e. The van der Waals surface area contributed by atoms with Crippen LogP contribution < -0.4 is 10.6 Å². The first-order valence-electron chi connectivity index (χ1n) is 7.15. The molecule has 21 heavy (non-hydrogen) atoms. The molecule has 3 N–H and O–H groups in total. The lowest BCUT2D eigenvalue weighted by molar-refractivity contribution is -0.114. The maximum absolute atomic E-state index is 12.0. The number of carbonyl (C=O) groups excluding carboxylic acids is 2. The number of hydrogen-bond donors (Lipinski definition) is 3. The average molecular weight is 292 g/mol. The van der Waals surface area contributed by atoms with E-state index >= 15 is 0 Å². The second-order valence-corrected chi connectivity index (χ2v) is 5.57. The molecule has 1 unspecified atom stereocenters. The number of amides is 2. The summed E-state index contributed by atoms with van der Waals surface area (Å²) in [6.07, 6.45) is 0.103. The number of carbonyl (C=O) groups is 2. The zero-order chi connectivity index (χ0) is 16.0. The van der Waals surface area contributed by atoms with Crippen molar-refractivity contribution >= 4 is 17.5 Å². The molecule has 0 aliphatic heterocycles. The SMILES string of the molecule is CC(=O)Nc1cc(C(=O)NCCC(O)C(C)C)ccc1C. The minimum Gasteiger partial charge on any atom is -0.393 e. The quantitative estimate of drug-likeness (QED) is 0.751. The Labute approximate surface area is 125 Å². The third-order valence-electron chi connectivity index (χ3n) is 3.31. The fourth-order valence-electron chi connectivity index (χ4n) is 1.86. The number of anilines is 1. The number of rotatable bonds is 6. The Kier molecular flexibility index (Phi) is 6.37. The van der Waals surface area contributed by atoms with Gasteiger partial charge in [0.05, 0.1) is 6.10 Å².